The molecule has 124 valence electrons. The molecular weight excluding hydrogens is 292 g/mol. The maximum atomic E-state index is 5.95. The molecule has 2 aromatic heterocycles. The van der Waals surface area contributed by atoms with Crippen molar-refractivity contribution in [1.29, 1.82) is 0 Å². The molecule has 7 nitrogen and oxygen atoms in total. The number of ether oxygens (including phenoxy) is 1. The molecule has 0 aromatic carbocycles. The number of pyridine rings is 1. The summed E-state index contributed by atoms with van der Waals surface area (Å²) in [4.78, 5) is 14.4. The van der Waals surface area contributed by atoms with E-state index in [0.29, 0.717) is 17.5 Å². The first-order valence-electron chi connectivity index (χ1n) is 7.58. The van der Waals surface area contributed by atoms with E-state index >= 15 is 0 Å². The molecule has 0 aliphatic heterocycles. The van der Waals surface area contributed by atoms with Gasteiger partial charge in [0.2, 0.25) is 5.95 Å². The number of nitrogen functional groups attached to an aromatic ring is 2. The van der Waals surface area contributed by atoms with E-state index in [0.717, 1.165) is 11.4 Å². The van der Waals surface area contributed by atoms with Crippen molar-refractivity contribution >= 4 is 17.6 Å². The molecule has 0 saturated heterocycles. The van der Waals surface area contributed by atoms with Crippen LogP contribution >= 0.6 is 0 Å². The minimum absolute atomic E-state index is 0.119. The van der Waals surface area contributed by atoms with Crippen molar-refractivity contribution < 1.29 is 4.74 Å². The minimum Gasteiger partial charge on any atom is -0.451 e. The van der Waals surface area contributed by atoms with E-state index in [1.807, 2.05) is 19.3 Å². The van der Waals surface area contributed by atoms with Gasteiger partial charge in [0.1, 0.15) is 11.6 Å². The zero-order valence-corrected chi connectivity index (χ0v) is 14.2. The third-order valence-electron chi connectivity index (χ3n) is 3.66. The number of rotatable bonds is 5. The molecule has 0 aliphatic rings. The largest absolute Gasteiger partial charge is 0.451 e. The molecule has 0 saturated carbocycles. The SMILES string of the molecule is CC(C)c1cnc(N(C)C(C)C)cc1Oc1cnc(N)nc1N. The minimum atomic E-state index is 0.119. The Morgan fingerprint density at radius 1 is 1.04 bits per heavy atom. The van der Waals surface area contributed by atoms with Crippen LogP contribution < -0.4 is 21.1 Å². The quantitative estimate of drug-likeness (QED) is 0.874. The van der Waals surface area contributed by atoms with Crippen LogP contribution in [0.15, 0.2) is 18.5 Å². The third-order valence-corrected chi connectivity index (χ3v) is 3.66. The van der Waals surface area contributed by atoms with Crippen LogP contribution in [0.1, 0.15) is 39.2 Å². The molecule has 0 amide bonds. The Hall–Kier alpha value is -2.57. The van der Waals surface area contributed by atoms with Crippen LogP contribution in [-0.2, 0) is 0 Å². The molecule has 0 fully saturated rings. The van der Waals surface area contributed by atoms with Crippen LogP contribution in [0.5, 0.6) is 11.5 Å². The second-order valence-corrected chi connectivity index (χ2v) is 6.02. The molecule has 7 heteroatoms. The van der Waals surface area contributed by atoms with Gasteiger partial charge >= 0.3 is 0 Å². The van der Waals surface area contributed by atoms with Crippen molar-refractivity contribution in [3.8, 4) is 11.5 Å². The highest BCUT2D eigenvalue weighted by molar-refractivity contribution is 5.53. The summed E-state index contributed by atoms with van der Waals surface area (Å²) in [6.45, 7) is 8.37. The molecule has 23 heavy (non-hydrogen) atoms. The Bertz CT molecular complexity index is 686. The van der Waals surface area contributed by atoms with Crippen LogP contribution in [0.4, 0.5) is 17.6 Å². The lowest BCUT2D eigenvalue weighted by Crippen LogP contribution is -2.26. The summed E-state index contributed by atoms with van der Waals surface area (Å²) in [6, 6.07) is 2.23. The lowest BCUT2D eigenvalue weighted by atomic mass is 10.0. The van der Waals surface area contributed by atoms with Gasteiger partial charge in [0.15, 0.2) is 11.6 Å². The van der Waals surface area contributed by atoms with Crippen molar-refractivity contribution in [1.82, 2.24) is 15.0 Å². The topological polar surface area (TPSA) is 103 Å². The Morgan fingerprint density at radius 2 is 1.74 bits per heavy atom. The van der Waals surface area contributed by atoms with Gasteiger partial charge in [-0.15, -0.1) is 0 Å². The normalized spacial score (nSPS) is 11.1. The maximum absolute atomic E-state index is 5.95. The van der Waals surface area contributed by atoms with E-state index < -0.39 is 0 Å². The average molecular weight is 316 g/mol. The second-order valence-electron chi connectivity index (χ2n) is 6.02. The Morgan fingerprint density at radius 3 is 2.30 bits per heavy atom. The third kappa shape index (κ3) is 3.80. The first kappa shape index (κ1) is 16.8. The fourth-order valence-electron chi connectivity index (χ4n) is 2.01. The number of nitrogens with zero attached hydrogens (tertiary/aromatic N) is 4. The van der Waals surface area contributed by atoms with E-state index in [2.05, 4.69) is 47.5 Å². The zero-order valence-electron chi connectivity index (χ0n) is 14.2. The highest BCUT2D eigenvalue weighted by atomic mass is 16.5. The molecule has 2 aromatic rings. The summed E-state index contributed by atoms with van der Waals surface area (Å²) in [6.07, 6.45) is 3.32. The van der Waals surface area contributed by atoms with Crippen molar-refractivity contribution in [2.45, 2.75) is 39.7 Å². The Labute approximate surface area is 136 Å². The summed E-state index contributed by atoms with van der Waals surface area (Å²) in [5.41, 5.74) is 12.4. The van der Waals surface area contributed by atoms with Crippen LogP contribution in [0.2, 0.25) is 0 Å². The number of hydrogen-bond acceptors (Lipinski definition) is 7. The van der Waals surface area contributed by atoms with Gasteiger partial charge in [0, 0.05) is 30.9 Å². The predicted octanol–water partition coefficient (Wildman–Crippen LogP) is 2.80. The summed E-state index contributed by atoms with van der Waals surface area (Å²) in [7, 11) is 1.99. The lowest BCUT2D eigenvalue weighted by Gasteiger charge is -2.24. The van der Waals surface area contributed by atoms with Gasteiger partial charge in [-0.2, -0.15) is 4.98 Å². The fourth-order valence-corrected chi connectivity index (χ4v) is 2.01. The molecule has 0 bridgehead atoms. The number of nitrogens with two attached hydrogens (primary N) is 2. The standard InChI is InChI=1S/C16H24N6O/c1-9(2)11-7-19-14(22(5)10(3)4)6-12(11)23-13-8-20-16(18)21-15(13)17/h6-10H,1-5H3,(H4,17,18,20,21). The molecule has 2 rings (SSSR count). The van der Waals surface area contributed by atoms with Crippen molar-refractivity contribution in [2.75, 3.05) is 23.4 Å². The number of aromatic nitrogens is 3. The smallest absolute Gasteiger partial charge is 0.222 e. The van der Waals surface area contributed by atoms with Crippen LogP contribution in [0, 0.1) is 0 Å². The number of anilines is 3. The van der Waals surface area contributed by atoms with Gasteiger partial charge in [-0.05, 0) is 19.8 Å². The monoisotopic (exact) mass is 316 g/mol. The predicted molar refractivity (Wildman–Crippen MR) is 92.8 cm³/mol. The van der Waals surface area contributed by atoms with Gasteiger partial charge in [0.05, 0.1) is 6.20 Å². The number of hydrogen-bond donors (Lipinski definition) is 2. The Kier molecular flexibility index (Phi) is 4.88. The van der Waals surface area contributed by atoms with Crippen LogP contribution in [0.3, 0.4) is 0 Å². The van der Waals surface area contributed by atoms with Crippen molar-refractivity contribution in [2.24, 2.45) is 0 Å². The lowest BCUT2D eigenvalue weighted by molar-refractivity contribution is 0.470. The second kappa shape index (κ2) is 6.68. The van der Waals surface area contributed by atoms with Gasteiger partial charge in [-0.25, -0.2) is 9.97 Å². The van der Waals surface area contributed by atoms with E-state index in [9.17, 15) is 0 Å². The molecule has 0 spiro atoms. The molecule has 2 heterocycles. The van der Waals surface area contributed by atoms with Crippen LogP contribution in [-0.4, -0.2) is 28.0 Å². The van der Waals surface area contributed by atoms with Crippen molar-refractivity contribution in [3.63, 3.8) is 0 Å². The summed E-state index contributed by atoms with van der Waals surface area (Å²) < 4.78 is 5.95. The van der Waals surface area contributed by atoms with E-state index in [1.54, 1.807) is 0 Å². The van der Waals surface area contributed by atoms with Gasteiger partial charge in [-0.1, -0.05) is 13.8 Å². The van der Waals surface area contributed by atoms with Crippen molar-refractivity contribution in [3.05, 3.63) is 24.0 Å². The van der Waals surface area contributed by atoms with E-state index in [4.69, 9.17) is 16.2 Å². The summed E-state index contributed by atoms with van der Waals surface area (Å²) in [5, 5.41) is 0. The molecule has 0 radical (unpaired) electrons. The van der Waals surface area contributed by atoms with Gasteiger partial charge < -0.3 is 21.1 Å². The van der Waals surface area contributed by atoms with Crippen LogP contribution in [0.25, 0.3) is 0 Å². The average Bonchev–Trinajstić information content (AvgIpc) is 2.48. The Balaban J connectivity index is 2.43. The molecule has 0 aliphatic carbocycles. The molecular formula is C16H24N6O. The van der Waals surface area contributed by atoms with E-state index in [-0.39, 0.29) is 17.7 Å². The first-order valence-corrected chi connectivity index (χ1v) is 7.58. The van der Waals surface area contributed by atoms with Gasteiger partial charge in [0.25, 0.3) is 0 Å². The highest BCUT2D eigenvalue weighted by Crippen LogP contribution is 2.34. The summed E-state index contributed by atoms with van der Waals surface area (Å²) in [5.74, 6) is 2.49. The zero-order chi connectivity index (χ0) is 17.1. The molecule has 0 unspecified atom stereocenters. The fraction of sp³-hybridized carbons (Fsp3) is 0.438. The van der Waals surface area contributed by atoms with E-state index in [1.165, 1.54) is 6.20 Å². The maximum Gasteiger partial charge on any atom is 0.222 e. The molecule has 4 N–H and O–H groups in total. The summed E-state index contributed by atoms with van der Waals surface area (Å²) >= 11 is 0. The first-order chi connectivity index (χ1) is 10.8. The van der Waals surface area contributed by atoms with Gasteiger partial charge in [-0.3, -0.25) is 0 Å². The highest BCUT2D eigenvalue weighted by Gasteiger charge is 2.16. The molecule has 0 atom stereocenters.